The summed E-state index contributed by atoms with van der Waals surface area (Å²) in [6, 6.07) is 31.5. The van der Waals surface area contributed by atoms with Crippen molar-refractivity contribution in [3.63, 3.8) is 0 Å². The van der Waals surface area contributed by atoms with E-state index in [4.69, 9.17) is 0 Å². The molecular formula is C28H25NOS. The summed E-state index contributed by atoms with van der Waals surface area (Å²) in [7, 11) is 0. The topological polar surface area (TPSA) is 20.3 Å². The highest BCUT2D eigenvalue weighted by molar-refractivity contribution is 7.99. The summed E-state index contributed by atoms with van der Waals surface area (Å²) in [5.41, 5.74) is 4.68. The van der Waals surface area contributed by atoms with Crippen molar-refractivity contribution >= 4 is 28.4 Å². The van der Waals surface area contributed by atoms with Crippen LogP contribution >= 0.6 is 11.8 Å². The van der Waals surface area contributed by atoms with Crippen LogP contribution in [0, 0.1) is 6.92 Å². The van der Waals surface area contributed by atoms with Crippen molar-refractivity contribution < 1.29 is 4.79 Å². The molecule has 1 atom stereocenters. The fourth-order valence-corrected chi connectivity index (χ4v) is 5.38. The van der Waals surface area contributed by atoms with E-state index >= 15 is 0 Å². The molecule has 4 aromatic carbocycles. The van der Waals surface area contributed by atoms with Gasteiger partial charge >= 0.3 is 0 Å². The minimum atomic E-state index is 0.126. The Bertz CT molecular complexity index is 1230. The number of carbonyl (C=O) groups is 1. The lowest BCUT2D eigenvalue weighted by atomic mass is 9.93. The second-order valence-corrected chi connectivity index (χ2v) is 9.30. The molecule has 0 saturated heterocycles. The quantitative estimate of drug-likeness (QED) is 0.349. The van der Waals surface area contributed by atoms with Crippen molar-refractivity contribution in [2.45, 2.75) is 30.8 Å². The first kappa shape index (κ1) is 19.9. The minimum Gasteiger partial charge on any atom is -0.330 e. The van der Waals surface area contributed by atoms with E-state index in [2.05, 4.69) is 78.6 Å². The van der Waals surface area contributed by atoms with Gasteiger partial charge in [0.15, 0.2) is 0 Å². The average Bonchev–Trinajstić information content (AvgIpc) is 2.82. The number of thioether (sulfide) groups is 1. The lowest BCUT2D eigenvalue weighted by Gasteiger charge is -2.37. The summed E-state index contributed by atoms with van der Waals surface area (Å²) in [6.45, 7) is 2.77. The van der Waals surface area contributed by atoms with E-state index in [1.165, 1.54) is 21.6 Å². The summed E-state index contributed by atoms with van der Waals surface area (Å²) in [5, 5.41) is 2.13. The van der Waals surface area contributed by atoms with Gasteiger partial charge in [-0.25, -0.2) is 0 Å². The summed E-state index contributed by atoms with van der Waals surface area (Å²) in [4.78, 5) is 17.1. The Labute approximate surface area is 187 Å². The Morgan fingerprint density at radius 3 is 2.42 bits per heavy atom. The van der Waals surface area contributed by atoms with Crippen LogP contribution in [0.15, 0.2) is 95.9 Å². The zero-order chi connectivity index (χ0) is 21.2. The van der Waals surface area contributed by atoms with Crippen LogP contribution in [0.5, 0.6) is 0 Å². The third kappa shape index (κ3) is 4.11. The molecule has 1 heterocycles. The van der Waals surface area contributed by atoms with Gasteiger partial charge in [0.05, 0.1) is 0 Å². The van der Waals surface area contributed by atoms with E-state index in [1.807, 2.05) is 36.0 Å². The van der Waals surface area contributed by atoms with Crippen LogP contribution in [-0.2, 0) is 13.0 Å². The molecular weight excluding hydrogens is 398 g/mol. The molecule has 1 amide bonds. The molecule has 0 aromatic heterocycles. The van der Waals surface area contributed by atoms with E-state index in [0.29, 0.717) is 6.54 Å². The number of nitrogens with zero attached hydrogens (tertiary/aromatic N) is 1. The van der Waals surface area contributed by atoms with Gasteiger partial charge in [0.25, 0.3) is 5.91 Å². The molecule has 1 unspecified atom stereocenters. The van der Waals surface area contributed by atoms with Gasteiger partial charge < -0.3 is 4.90 Å². The number of benzene rings is 4. The highest BCUT2D eigenvalue weighted by Crippen LogP contribution is 2.30. The maximum Gasteiger partial charge on any atom is 0.255 e. The van der Waals surface area contributed by atoms with Crippen LogP contribution in [0.4, 0.5) is 0 Å². The van der Waals surface area contributed by atoms with Crippen molar-refractivity contribution in [2.24, 2.45) is 0 Å². The largest absolute Gasteiger partial charge is 0.330 e. The molecule has 1 aliphatic rings. The Morgan fingerprint density at radius 2 is 1.58 bits per heavy atom. The molecule has 0 bridgehead atoms. The molecule has 3 heteroatoms. The van der Waals surface area contributed by atoms with E-state index in [1.54, 1.807) is 0 Å². The van der Waals surface area contributed by atoms with Gasteiger partial charge in [0.1, 0.15) is 0 Å². The molecule has 0 saturated carbocycles. The SMILES string of the molecule is Cc1ccc(SCC2Cc3ccccc3CN2C(=O)c2cccc3ccccc23)cc1. The summed E-state index contributed by atoms with van der Waals surface area (Å²) >= 11 is 1.84. The Balaban J connectivity index is 1.47. The van der Waals surface area contributed by atoms with Crippen LogP contribution in [0.1, 0.15) is 27.0 Å². The first-order valence-electron chi connectivity index (χ1n) is 10.7. The lowest BCUT2D eigenvalue weighted by molar-refractivity contribution is 0.0664. The number of rotatable bonds is 4. The minimum absolute atomic E-state index is 0.126. The van der Waals surface area contributed by atoms with Gasteiger partial charge in [-0.2, -0.15) is 0 Å². The Hall–Kier alpha value is -3.04. The number of hydrogen-bond donors (Lipinski definition) is 0. The molecule has 0 N–H and O–H groups in total. The predicted molar refractivity (Wildman–Crippen MR) is 130 cm³/mol. The number of fused-ring (bicyclic) bond motifs is 2. The number of hydrogen-bond acceptors (Lipinski definition) is 2. The third-order valence-corrected chi connectivity index (χ3v) is 7.26. The highest BCUT2D eigenvalue weighted by Gasteiger charge is 2.31. The van der Waals surface area contributed by atoms with Crippen LogP contribution in [0.3, 0.4) is 0 Å². The van der Waals surface area contributed by atoms with Crippen molar-refractivity contribution in [3.05, 3.63) is 113 Å². The van der Waals surface area contributed by atoms with Crippen molar-refractivity contribution in [1.82, 2.24) is 4.90 Å². The normalized spacial score (nSPS) is 15.6. The predicted octanol–water partition coefficient (Wildman–Crippen LogP) is 6.51. The molecule has 1 aliphatic heterocycles. The van der Waals surface area contributed by atoms with Crippen LogP contribution in [0.2, 0.25) is 0 Å². The average molecular weight is 424 g/mol. The maximum atomic E-state index is 13.8. The zero-order valence-electron chi connectivity index (χ0n) is 17.6. The van der Waals surface area contributed by atoms with E-state index in [-0.39, 0.29) is 11.9 Å². The lowest BCUT2D eigenvalue weighted by Crippen LogP contribution is -2.45. The van der Waals surface area contributed by atoms with Crippen molar-refractivity contribution in [2.75, 3.05) is 5.75 Å². The molecule has 154 valence electrons. The van der Waals surface area contributed by atoms with Gasteiger partial charge in [0, 0.05) is 28.8 Å². The molecule has 5 rings (SSSR count). The first-order valence-corrected chi connectivity index (χ1v) is 11.7. The Morgan fingerprint density at radius 1 is 0.871 bits per heavy atom. The van der Waals surface area contributed by atoms with Gasteiger partial charge in [-0.05, 0) is 53.4 Å². The molecule has 0 radical (unpaired) electrons. The molecule has 0 fully saturated rings. The molecule has 0 spiro atoms. The summed E-state index contributed by atoms with van der Waals surface area (Å²) < 4.78 is 0. The fourth-order valence-electron chi connectivity index (χ4n) is 4.37. The molecule has 31 heavy (non-hydrogen) atoms. The standard InChI is InChI=1S/C28H25NOS/c1-20-13-15-25(16-14-20)31-19-24-17-22-8-2-3-9-23(22)18-29(24)28(30)27-12-6-10-21-7-4-5-11-26(21)27/h2-16,24H,17-19H2,1H3. The highest BCUT2D eigenvalue weighted by atomic mass is 32.2. The van der Waals surface area contributed by atoms with Crippen LogP contribution < -0.4 is 0 Å². The third-order valence-electron chi connectivity index (χ3n) is 6.10. The summed E-state index contributed by atoms with van der Waals surface area (Å²) in [5.74, 6) is 1.01. The second kappa shape index (κ2) is 8.60. The Kier molecular flexibility index (Phi) is 5.52. The first-order chi connectivity index (χ1) is 15.2. The fraction of sp³-hybridized carbons (Fsp3) is 0.179. The van der Waals surface area contributed by atoms with E-state index in [9.17, 15) is 4.79 Å². The van der Waals surface area contributed by atoms with Gasteiger partial charge in [-0.15, -0.1) is 11.8 Å². The number of carbonyl (C=O) groups excluding carboxylic acids is 1. The van der Waals surface area contributed by atoms with Crippen LogP contribution in [0.25, 0.3) is 10.8 Å². The van der Waals surface area contributed by atoms with Gasteiger partial charge in [-0.1, -0.05) is 78.4 Å². The number of aryl methyl sites for hydroxylation is 1. The second-order valence-electron chi connectivity index (χ2n) is 8.21. The molecule has 4 aromatic rings. The van der Waals surface area contributed by atoms with Crippen molar-refractivity contribution in [1.29, 1.82) is 0 Å². The number of amides is 1. The molecule has 2 nitrogen and oxygen atoms in total. The maximum absolute atomic E-state index is 13.8. The van der Waals surface area contributed by atoms with Gasteiger partial charge in [0.2, 0.25) is 0 Å². The van der Waals surface area contributed by atoms with E-state index < -0.39 is 0 Å². The zero-order valence-corrected chi connectivity index (χ0v) is 18.4. The summed E-state index contributed by atoms with van der Waals surface area (Å²) in [6.07, 6.45) is 0.894. The van der Waals surface area contributed by atoms with E-state index in [0.717, 1.165) is 28.5 Å². The smallest absolute Gasteiger partial charge is 0.255 e. The van der Waals surface area contributed by atoms with Crippen molar-refractivity contribution in [3.8, 4) is 0 Å². The van der Waals surface area contributed by atoms with Gasteiger partial charge in [-0.3, -0.25) is 4.79 Å². The molecule has 0 aliphatic carbocycles. The monoisotopic (exact) mass is 423 g/mol. The van der Waals surface area contributed by atoms with Crippen LogP contribution in [-0.4, -0.2) is 22.6 Å².